The summed E-state index contributed by atoms with van der Waals surface area (Å²) >= 11 is 0. The predicted octanol–water partition coefficient (Wildman–Crippen LogP) is 9.19. The Kier molecular flexibility index (Phi) is 13.3. The first kappa shape index (κ1) is 39.2. The van der Waals surface area contributed by atoms with E-state index in [0.29, 0.717) is 18.0 Å². The molecule has 0 aliphatic heterocycles. The van der Waals surface area contributed by atoms with Gasteiger partial charge in [0.25, 0.3) is 16.6 Å². The van der Waals surface area contributed by atoms with Crippen LogP contribution in [-0.2, 0) is 12.8 Å². The number of nitrogens with one attached hydrogen (secondary N) is 1. The molecule has 0 atom stereocenters. The molecule has 0 spiro atoms. The molecule has 0 aliphatic rings. The minimum Gasteiger partial charge on any atom is -0.541 e. The summed E-state index contributed by atoms with van der Waals surface area (Å²) in [6.45, 7) is 36.4. The van der Waals surface area contributed by atoms with Crippen molar-refractivity contribution in [3.05, 3.63) is 47.5 Å². The summed E-state index contributed by atoms with van der Waals surface area (Å²) in [4.78, 5) is 3.89. The van der Waals surface area contributed by atoms with Gasteiger partial charge in [0.05, 0.1) is 0 Å². The van der Waals surface area contributed by atoms with E-state index in [1.165, 1.54) is 17.7 Å². The maximum absolute atomic E-state index is 9.04. The van der Waals surface area contributed by atoms with Gasteiger partial charge >= 0.3 is 0 Å². The summed E-state index contributed by atoms with van der Waals surface area (Å²) < 4.78 is 13.6. The van der Waals surface area contributed by atoms with Gasteiger partial charge in [0.1, 0.15) is 19.7 Å². The fourth-order valence-corrected chi connectivity index (χ4v) is 6.72. The largest absolute Gasteiger partial charge is 0.541 e. The van der Waals surface area contributed by atoms with Crippen LogP contribution < -0.4 is 19.6 Å². The number of nitrogens with two attached hydrogens (primary N) is 1. The molecule has 0 bridgehead atoms. The summed E-state index contributed by atoms with van der Waals surface area (Å²) in [6.07, 6.45) is 1.72. The zero-order valence-electron chi connectivity index (χ0n) is 30.1. The highest BCUT2D eigenvalue weighted by molar-refractivity contribution is 6.77. The Bertz CT molecular complexity index is 1180. The van der Waals surface area contributed by atoms with Gasteiger partial charge in [-0.05, 0) is 103 Å². The number of hydrogen-bond acceptors (Lipinski definition) is 6. The van der Waals surface area contributed by atoms with Crippen LogP contribution in [0.1, 0.15) is 73.4 Å². The van der Waals surface area contributed by atoms with Crippen LogP contribution in [0.5, 0.6) is 23.0 Å². The number of phenolic OH excluding ortho intramolecular Hbond substituents is 2. The molecule has 0 unspecified atom stereocenters. The van der Waals surface area contributed by atoms with Gasteiger partial charge < -0.3 is 29.8 Å². The second-order valence-corrected chi connectivity index (χ2v) is 31.0. The van der Waals surface area contributed by atoms with E-state index >= 15 is 0 Å². The van der Waals surface area contributed by atoms with Crippen LogP contribution in [0, 0.1) is 0 Å². The molecular weight excluding hydrogens is 585 g/mol. The Morgan fingerprint density at radius 3 is 1.53 bits per heavy atom. The van der Waals surface area contributed by atoms with Crippen molar-refractivity contribution in [1.82, 2.24) is 4.98 Å². The summed E-state index contributed by atoms with van der Waals surface area (Å²) in [6, 6.07) is 11.3. The highest BCUT2D eigenvalue weighted by Gasteiger charge is 2.42. The van der Waals surface area contributed by atoms with Gasteiger partial charge in [-0.2, -0.15) is 0 Å². The van der Waals surface area contributed by atoms with Crippen molar-refractivity contribution in [3.63, 3.8) is 0 Å². The molecule has 9 heteroatoms. The fraction of sp³-hybridized carbons (Fsp3) is 0.647. The Balaban J connectivity index is 0.000000699. The number of rotatable bonds is 10. The smallest absolute Gasteiger partial charge is 0.250 e. The van der Waals surface area contributed by atoms with Crippen LogP contribution in [0.2, 0.25) is 54.4 Å². The maximum Gasteiger partial charge on any atom is 0.250 e. The number of aromatic hydroxyl groups is 2. The SMILES string of the molecule is CC(C)(C)[Si](C)(C)NCCc1ccc(O[Si](C)(C)C(C)(C)C)c(O[Si](C)(C)C(C)(C)C)c1.NCCc1ccc(O)c(O)c1. The van der Waals surface area contributed by atoms with Crippen molar-refractivity contribution in [2.45, 2.75) is 130 Å². The Hall–Kier alpha value is -1.79. The zero-order valence-corrected chi connectivity index (χ0v) is 33.1. The molecule has 0 aliphatic carbocycles. The van der Waals surface area contributed by atoms with Crippen molar-refractivity contribution in [2.75, 3.05) is 13.1 Å². The molecule has 2 aromatic carbocycles. The monoisotopic (exact) mass is 648 g/mol. The quantitative estimate of drug-likeness (QED) is 0.152. The number of hydrogen-bond donors (Lipinski definition) is 4. The lowest BCUT2D eigenvalue weighted by atomic mass is 10.1. The molecule has 0 radical (unpaired) electrons. The van der Waals surface area contributed by atoms with Crippen molar-refractivity contribution < 1.29 is 19.1 Å². The zero-order chi connectivity index (χ0) is 33.7. The van der Waals surface area contributed by atoms with E-state index in [4.69, 9.17) is 24.8 Å². The van der Waals surface area contributed by atoms with Crippen molar-refractivity contribution in [1.29, 1.82) is 0 Å². The van der Waals surface area contributed by atoms with Crippen molar-refractivity contribution in [3.8, 4) is 23.0 Å². The molecular formula is C34H64N2O4Si3. The number of phenols is 2. The average molecular weight is 649 g/mol. The molecule has 2 rings (SSSR count). The molecule has 2 aromatic rings. The van der Waals surface area contributed by atoms with E-state index in [1.807, 2.05) is 0 Å². The third-order valence-corrected chi connectivity index (χ3v) is 23.2. The normalized spacial score (nSPS) is 13.3. The van der Waals surface area contributed by atoms with Crippen LogP contribution >= 0.6 is 0 Å². The molecule has 0 amide bonds. The standard InChI is InChI=1S/C26H53NO2Si3.C8H11NO2/c1-24(2,3)30(10,11)27-19-18-21-16-17-22(28-31(12,13)25(4,5)6)23(20-21)29-32(14,15)26(7,8)9;9-4-3-6-1-2-7(10)8(11)5-6/h16-17,20,27H,18-19H2,1-15H3;1-2,5,10-11H,3-4,9H2. The second kappa shape index (κ2) is 14.5. The van der Waals surface area contributed by atoms with Gasteiger partial charge in [0, 0.05) is 0 Å². The van der Waals surface area contributed by atoms with E-state index in [0.717, 1.165) is 30.0 Å². The molecule has 6 nitrogen and oxygen atoms in total. The molecule has 43 heavy (non-hydrogen) atoms. The number of benzene rings is 2. The lowest BCUT2D eigenvalue weighted by Crippen LogP contribution is -2.52. The first-order chi connectivity index (χ1) is 19.2. The molecule has 0 saturated heterocycles. The molecule has 0 aromatic heterocycles. The lowest BCUT2D eigenvalue weighted by Gasteiger charge is -2.40. The summed E-state index contributed by atoms with van der Waals surface area (Å²) in [5.74, 6) is 1.68. The van der Waals surface area contributed by atoms with Gasteiger partial charge in [-0.15, -0.1) is 0 Å². The van der Waals surface area contributed by atoms with Gasteiger partial charge in [0.15, 0.2) is 11.5 Å². The van der Waals surface area contributed by atoms with Crippen LogP contribution in [0.3, 0.4) is 0 Å². The minimum atomic E-state index is -1.98. The molecule has 246 valence electrons. The summed E-state index contributed by atoms with van der Waals surface area (Å²) in [7, 11) is -5.43. The molecule has 0 saturated carbocycles. The van der Waals surface area contributed by atoms with Crippen LogP contribution in [-0.4, -0.2) is 48.2 Å². The molecule has 0 heterocycles. The third-order valence-electron chi connectivity index (χ3n) is 9.68. The third kappa shape index (κ3) is 11.6. The van der Waals surface area contributed by atoms with E-state index in [1.54, 1.807) is 6.07 Å². The average Bonchev–Trinajstić information content (AvgIpc) is 2.81. The maximum atomic E-state index is 9.04. The van der Waals surface area contributed by atoms with Crippen LogP contribution in [0.15, 0.2) is 36.4 Å². The van der Waals surface area contributed by atoms with Gasteiger partial charge in [-0.1, -0.05) is 87.5 Å². The fourth-order valence-electron chi connectivity index (χ4n) is 3.40. The van der Waals surface area contributed by atoms with E-state index in [9.17, 15) is 0 Å². The highest BCUT2D eigenvalue weighted by atomic mass is 28.4. The molecule has 0 fully saturated rings. The Labute approximate surface area is 267 Å². The van der Waals surface area contributed by atoms with Crippen molar-refractivity contribution >= 4 is 24.9 Å². The molecule has 5 N–H and O–H groups in total. The topological polar surface area (TPSA) is 97.0 Å². The predicted molar refractivity (Wildman–Crippen MR) is 194 cm³/mol. The summed E-state index contributed by atoms with van der Waals surface area (Å²) in [5.41, 5.74) is 7.55. The van der Waals surface area contributed by atoms with Gasteiger partial charge in [-0.25, -0.2) is 0 Å². The lowest BCUT2D eigenvalue weighted by molar-refractivity contribution is 0.403. The van der Waals surface area contributed by atoms with E-state index < -0.39 is 24.9 Å². The van der Waals surface area contributed by atoms with E-state index in [-0.39, 0.29) is 21.6 Å². The Morgan fingerprint density at radius 1 is 0.628 bits per heavy atom. The van der Waals surface area contributed by atoms with Crippen LogP contribution in [0.4, 0.5) is 0 Å². The first-order valence-corrected chi connectivity index (χ1v) is 24.5. The van der Waals surface area contributed by atoms with E-state index in [2.05, 4.69) is 125 Å². The summed E-state index contributed by atoms with van der Waals surface area (Å²) in [5, 5.41) is 18.6. The minimum absolute atomic E-state index is 0.0871. The van der Waals surface area contributed by atoms with Gasteiger partial charge in [0.2, 0.25) is 0 Å². The van der Waals surface area contributed by atoms with Gasteiger partial charge in [-0.3, -0.25) is 0 Å². The Morgan fingerprint density at radius 2 is 1.09 bits per heavy atom. The first-order valence-electron chi connectivity index (χ1n) is 15.7. The van der Waals surface area contributed by atoms with Crippen molar-refractivity contribution in [2.24, 2.45) is 5.73 Å². The van der Waals surface area contributed by atoms with Crippen LogP contribution in [0.25, 0.3) is 0 Å². The second-order valence-electron chi connectivity index (χ2n) is 16.4. The highest BCUT2D eigenvalue weighted by Crippen LogP contribution is 2.44.